The van der Waals surface area contributed by atoms with Gasteiger partial charge in [-0.3, -0.25) is 4.68 Å². The molecule has 0 bridgehead atoms. The summed E-state index contributed by atoms with van der Waals surface area (Å²) in [5.74, 6) is 0. The molecule has 1 N–H and O–H groups in total. The third-order valence-corrected chi connectivity index (χ3v) is 4.83. The number of hydrogen-bond acceptors (Lipinski definition) is 2. The summed E-state index contributed by atoms with van der Waals surface area (Å²) < 4.78 is 1.88. The first kappa shape index (κ1) is 11.3. The van der Waals surface area contributed by atoms with Gasteiger partial charge in [-0.1, -0.05) is 19.3 Å². The van der Waals surface area contributed by atoms with Crippen molar-refractivity contribution in [3.8, 4) is 0 Å². The molecule has 1 heterocycles. The van der Waals surface area contributed by atoms with Crippen molar-refractivity contribution < 1.29 is 0 Å². The number of aryl methyl sites for hydroxylation is 1. The molecule has 0 aromatic carbocycles. The van der Waals surface area contributed by atoms with Crippen LogP contribution in [0.5, 0.6) is 0 Å². The Hall–Kier alpha value is -0.830. The van der Waals surface area contributed by atoms with E-state index in [1.165, 1.54) is 50.5 Å². The Labute approximate surface area is 104 Å². The summed E-state index contributed by atoms with van der Waals surface area (Å²) in [7, 11) is 1.98. The molecule has 94 valence electrons. The third kappa shape index (κ3) is 2.13. The maximum absolute atomic E-state index is 4.22. The molecule has 1 unspecified atom stereocenters. The van der Waals surface area contributed by atoms with Gasteiger partial charge in [0.25, 0.3) is 0 Å². The summed E-state index contributed by atoms with van der Waals surface area (Å²) in [4.78, 5) is 0. The molecule has 3 heteroatoms. The van der Waals surface area contributed by atoms with E-state index < -0.39 is 0 Å². The first-order valence-corrected chi connectivity index (χ1v) is 6.99. The second-order valence-corrected chi connectivity index (χ2v) is 5.92. The number of nitrogens with one attached hydrogen (secondary N) is 1. The fourth-order valence-electron chi connectivity index (χ4n) is 3.67. The van der Waals surface area contributed by atoms with E-state index in [0.29, 0.717) is 5.41 Å². The van der Waals surface area contributed by atoms with Gasteiger partial charge in [-0.25, -0.2) is 0 Å². The summed E-state index contributed by atoms with van der Waals surface area (Å²) in [6, 6.07) is 0.767. The molecule has 3 rings (SSSR count). The van der Waals surface area contributed by atoms with Crippen LogP contribution in [0.2, 0.25) is 0 Å². The highest BCUT2D eigenvalue weighted by atomic mass is 15.2. The maximum atomic E-state index is 4.22. The minimum Gasteiger partial charge on any atom is -0.309 e. The molecule has 2 aliphatic rings. The maximum Gasteiger partial charge on any atom is 0.0534 e. The average Bonchev–Trinajstić information content (AvgIpc) is 2.75. The summed E-state index contributed by atoms with van der Waals surface area (Å²) in [6.45, 7) is 0.986. The van der Waals surface area contributed by atoms with E-state index in [1.807, 2.05) is 17.9 Å². The van der Waals surface area contributed by atoms with Gasteiger partial charge >= 0.3 is 0 Å². The molecule has 0 radical (unpaired) electrons. The van der Waals surface area contributed by atoms with Crippen LogP contribution in [0.4, 0.5) is 0 Å². The Morgan fingerprint density at radius 1 is 1.35 bits per heavy atom. The van der Waals surface area contributed by atoms with Crippen LogP contribution in [0.15, 0.2) is 12.4 Å². The monoisotopic (exact) mass is 233 g/mol. The zero-order valence-corrected chi connectivity index (χ0v) is 10.8. The van der Waals surface area contributed by atoms with Crippen LogP contribution in [-0.2, 0) is 13.6 Å². The lowest BCUT2D eigenvalue weighted by Gasteiger charge is -2.52. The molecular formula is C14H23N3. The van der Waals surface area contributed by atoms with E-state index in [0.717, 1.165) is 12.6 Å². The summed E-state index contributed by atoms with van der Waals surface area (Å²) in [6.07, 6.45) is 14.2. The fourth-order valence-corrected chi connectivity index (χ4v) is 3.67. The highest BCUT2D eigenvalue weighted by Gasteiger charge is 2.46. The van der Waals surface area contributed by atoms with Crippen molar-refractivity contribution in [1.82, 2.24) is 15.1 Å². The van der Waals surface area contributed by atoms with E-state index in [1.54, 1.807) is 0 Å². The van der Waals surface area contributed by atoms with Crippen molar-refractivity contribution in [3.05, 3.63) is 18.0 Å². The van der Waals surface area contributed by atoms with E-state index in [4.69, 9.17) is 0 Å². The first-order valence-electron chi connectivity index (χ1n) is 6.99. The van der Waals surface area contributed by atoms with E-state index >= 15 is 0 Å². The van der Waals surface area contributed by atoms with E-state index in [2.05, 4.69) is 16.6 Å². The Bertz CT molecular complexity index is 377. The lowest BCUT2D eigenvalue weighted by molar-refractivity contribution is 0.0221. The fraction of sp³-hybridized carbons (Fsp3) is 0.786. The van der Waals surface area contributed by atoms with Crippen LogP contribution >= 0.6 is 0 Å². The molecule has 0 saturated heterocycles. The van der Waals surface area contributed by atoms with Crippen LogP contribution in [0, 0.1) is 5.41 Å². The van der Waals surface area contributed by atoms with Crippen LogP contribution in [-0.4, -0.2) is 15.8 Å². The largest absolute Gasteiger partial charge is 0.309 e. The SMILES string of the molecule is Cn1cc(CNC2CCC23CCCCC3)cn1. The predicted octanol–water partition coefficient (Wildman–Crippen LogP) is 2.62. The van der Waals surface area contributed by atoms with Crippen molar-refractivity contribution >= 4 is 0 Å². The molecule has 0 amide bonds. The van der Waals surface area contributed by atoms with Crippen LogP contribution in [0.3, 0.4) is 0 Å². The van der Waals surface area contributed by atoms with Gasteiger partial charge in [-0.15, -0.1) is 0 Å². The second-order valence-electron chi connectivity index (χ2n) is 5.92. The number of nitrogens with zero attached hydrogens (tertiary/aromatic N) is 2. The minimum atomic E-state index is 0.667. The Morgan fingerprint density at radius 2 is 2.18 bits per heavy atom. The smallest absolute Gasteiger partial charge is 0.0534 e. The van der Waals surface area contributed by atoms with Crippen LogP contribution < -0.4 is 5.32 Å². The van der Waals surface area contributed by atoms with Gasteiger partial charge in [-0.2, -0.15) is 5.10 Å². The quantitative estimate of drug-likeness (QED) is 0.869. The van der Waals surface area contributed by atoms with Crippen molar-refractivity contribution in [3.63, 3.8) is 0 Å². The van der Waals surface area contributed by atoms with Gasteiger partial charge in [0.2, 0.25) is 0 Å². The molecule has 1 atom stereocenters. The molecule has 2 fully saturated rings. The van der Waals surface area contributed by atoms with Gasteiger partial charge in [0.1, 0.15) is 0 Å². The minimum absolute atomic E-state index is 0.667. The van der Waals surface area contributed by atoms with E-state index in [-0.39, 0.29) is 0 Å². The molecule has 2 aliphatic carbocycles. The van der Waals surface area contributed by atoms with Crippen molar-refractivity contribution in [2.24, 2.45) is 12.5 Å². The topological polar surface area (TPSA) is 29.9 Å². The van der Waals surface area contributed by atoms with Crippen LogP contribution in [0.25, 0.3) is 0 Å². The third-order valence-electron chi connectivity index (χ3n) is 4.83. The average molecular weight is 233 g/mol. The van der Waals surface area contributed by atoms with Crippen LogP contribution in [0.1, 0.15) is 50.5 Å². The van der Waals surface area contributed by atoms with Crippen molar-refractivity contribution in [2.45, 2.75) is 57.5 Å². The first-order chi connectivity index (χ1) is 8.28. The second kappa shape index (κ2) is 4.45. The van der Waals surface area contributed by atoms with Gasteiger partial charge in [0.15, 0.2) is 0 Å². The van der Waals surface area contributed by atoms with Crippen molar-refractivity contribution in [2.75, 3.05) is 0 Å². The molecule has 0 aliphatic heterocycles. The summed E-state index contributed by atoms with van der Waals surface area (Å²) in [5, 5.41) is 7.98. The van der Waals surface area contributed by atoms with E-state index in [9.17, 15) is 0 Å². The number of aromatic nitrogens is 2. The van der Waals surface area contributed by atoms with Gasteiger partial charge in [-0.05, 0) is 31.1 Å². The summed E-state index contributed by atoms with van der Waals surface area (Å²) in [5.41, 5.74) is 1.98. The van der Waals surface area contributed by atoms with Crippen molar-refractivity contribution in [1.29, 1.82) is 0 Å². The lowest BCUT2D eigenvalue weighted by atomic mass is 9.57. The molecule has 2 saturated carbocycles. The summed E-state index contributed by atoms with van der Waals surface area (Å²) >= 11 is 0. The highest BCUT2D eigenvalue weighted by Crippen LogP contribution is 2.51. The number of rotatable bonds is 3. The van der Waals surface area contributed by atoms with Gasteiger partial charge in [0, 0.05) is 31.4 Å². The molecule has 17 heavy (non-hydrogen) atoms. The predicted molar refractivity (Wildman–Crippen MR) is 68.6 cm³/mol. The Morgan fingerprint density at radius 3 is 2.76 bits per heavy atom. The lowest BCUT2D eigenvalue weighted by Crippen LogP contribution is -2.53. The highest BCUT2D eigenvalue weighted by molar-refractivity contribution is 5.06. The van der Waals surface area contributed by atoms with Gasteiger partial charge in [0.05, 0.1) is 6.20 Å². The molecule has 3 nitrogen and oxygen atoms in total. The Kier molecular flexibility index (Phi) is 2.95. The number of hydrogen-bond donors (Lipinski definition) is 1. The van der Waals surface area contributed by atoms with Gasteiger partial charge < -0.3 is 5.32 Å². The normalized spacial score (nSPS) is 27.0. The molecule has 1 spiro atoms. The zero-order chi connectivity index (χ0) is 11.7. The molecule has 1 aromatic heterocycles. The zero-order valence-electron chi connectivity index (χ0n) is 10.8. The Balaban J connectivity index is 1.55. The molecular weight excluding hydrogens is 210 g/mol. The standard InChI is InChI=1S/C14H23N3/c1-17-11-12(10-16-17)9-15-13-5-8-14(13)6-3-2-4-7-14/h10-11,13,15H,2-9H2,1H3. The molecule has 1 aromatic rings.